The minimum absolute atomic E-state index is 0.291. The summed E-state index contributed by atoms with van der Waals surface area (Å²) in [6.07, 6.45) is 5.61. The number of phosphoric acid groups is 1. The molecule has 0 amide bonds. The van der Waals surface area contributed by atoms with Gasteiger partial charge in [-0.05, 0) is 67.9 Å². The van der Waals surface area contributed by atoms with Crippen molar-refractivity contribution in [2.75, 3.05) is 0 Å². The topological polar surface area (TPSA) is 66.8 Å². The Morgan fingerprint density at radius 3 is 1.17 bits per heavy atom. The summed E-state index contributed by atoms with van der Waals surface area (Å²) < 4.78 is 19.7. The minimum atomic E-state index is -4.97. The molecule has 41 heavy (non-hydrogen) atoms. The summed E-state index contributed by atoms with van der Waals surface area (Å²) in [6.45, 7) is 28.4. The van der Waals surface area contributed by atoms with Gasteiger partial charge in [0.25, 0.3) is 0 Å². The Morgan fingerprint density at radius 1 is 0.585 bits per heavy atom. The van der Waals surface area contributed by atoms with Gasteiger partial charge in [0.1, 0.15) is 5.60 Å². The van der Waals surface area contributed by atoms with Gasteiger partial charge in [0, 0.05) is 0 Å². The van der Waals surface area contributed by atoms with E-state index < -0.39 is 13.4 Å². The van der Waals surface area contributed by atoms with Gasteiger partial charge < -0.3 is 9.79 Å². The van der Waals surface area contributed by atoms with Crippen molar-refractivity contribution in [2.45, 2.75) is 156 Å². The molecule has 0 fully saturated rings. The predicted molar refractivity (Wildman–Crippen MR) is 175 cm³/mol. The normalized spacial score (nSPS) is 14.0. The lowest BCUT2D eigenvalue weighted by Gasteiger charge is -2.46. The van der Waals surface area contributed by atoms with Gasteiger partial charge in [0.15, 0.2) is 0 Å². The molecular formula is C36H59O4P. The maximum Gasteiger partial charge on any atom is 0.470 e. The van der Waals surface area contributed by atoms with Crippen molar-refractivity contribution in [1.29, 1.82) is 0 Å². The first kappa shape index (κ1) is 35.7. The number of hydrogen-bond donors (Lipinski definition) is 2. The summed E-state index contributed by atoms with van der Waals surface area (Å²) in [6, 6.07) is 12.7. The van der Waals surface area contributed by atoms with Crippen LogP contribution >= 0.6 is 7.82 Å². The van der Waals surface area contributed by atoms with Gasteiger partial charge in [-0.25, -0.2) is 4.57 Å². The first-order valence-electron chi connectivity index (χ1n) is 15.5. The van der Waals surface area contributed by atoms with E-state index in [4.69, 9.17) is 4.52 Å². The molecule has 0 heterocycles. The number of hydrogen-bond acceptors (Lipinski definition) is 2. The zero-order valence-corrected chi connectivity index (χ0v) is 29.3. The predicted octanol–water partition coefficient (Wildman–Crippen LogP) is 10.6. The third-order valence-electron chi connectivity index (χ3n) is 8.08. The van der Waals surface area contributed by atoms with Crippen LogP contribution in [0.5, 0.6) is 0 Å². The van der Waals surface area contributed by atoms with Crippen molar-refractivity contribution in [1.82, 2.24) is 0 Å². The van der Waals surface area contributed by atoms with E-state index in [2.05, 4.69) is 126 Å². The molecule has 0 aliphatic rings. The molecule has 2 N–H and O–H groups in total. The summed E-state index contributed by atoms with van der Waals surface area (Å²) in [5, 5.41) is 0. The van der Waals surface area contributed by atoms with Crippen molar-refractivity contribution in [3.05, 3.63) is 69.8 Å². The Bertz CT molecular complexity index is 1070. The molecule has 232 valence electrons. The lowest BCUT2D eigenvalue weighted by atomic mass is 9.63. The molecule has 0 saturated heterocycles. The average molecular weight is 587 g/mol. The first-order chi connectivity index (χ1) is 18.5. The second-order valence-electron chi connectivity index (χ2n) is 16.0. The van der Waals surface area contributed by atoms with Crippen LogP contribution in [0.2, 0.25) is 0 Å². The molecule has 2 aromatic rings. The molecule has 0 saturated carbocycles. The zero-order chi connectivity index (χ0) is 31.7. The third-order valence-corrected chi connectivity index (χ3v) is 8.63. The number of phosphoric ester groups is 1. The van der Waals surface area contributed by atoms with Gasteiger partial charge in [-0.1, -0.05) is 152 Å². The van der Waals surface area contributed by atoms with Crippen molar-refractivity contribution in [3.63, 3.8) is 0 Å². The molecule has 0 aromatic heterocycles. The smallest absolute Gasteiger partial charge is 0.303 e. The largest absolute Gasteiger partial charge is 0.470 e. The van der Waals surface area contributed by atoms with Crippen LogP contribution in [0, 0.1) is 0 Å². The van der Waals surface area contributed by atoms with E-state index in [0.29, 0.717) is 6.42 Å². The van der Waals surface area contributed by atoms with E-state index in [1.807, 2.05) is 0 Å². The van der Waals surface area contributed by atoms with Crippen LogP contribution in [0.1, 0.15) is 162 Å². The molecule has 0 atom stereocenters. The molecule has 2 rings (SSSR count). The van der Waals surface area contributed by atoms with Crippen molar-refractivity contribution in [2.24, 2.45) is 0 Å². The highest BCUT2D eigenvalue weighted by Crippen LogP contribution is 2.58. The second kappa shape index (κ2) is 12.7. The first-order valence-corrected chi connectivity index (χ1v) is 17.0. The van der Waals surface area contributed by atoms with Crippen LogP contribution in [0.15, 0.2) is 36.4 Å². The fourth-order valence-electron chi connectivity index (χ4n) is 6.17. The van der Waals surface area contributed by atoms with Crippen LogP contribution in [-0.2, 0) is 36.3 Å². The van der Waals surface area contributed by atoms with E-state index in [1.54, 1.807) is 0 Å². The van der Waals surface area contributed by atoms with E-state index in [-0.39, 0.29) is 21.7 Å². The van der Waals surface area contributed by atoms with Gasteiger partial charge in [-0.3, -0.25) is 4.52 Å². The minimum Gasteiger partial charge on any atom is -0.303 e. The third kappa shape index (κ3) is 8.79. The van der Waals surface area contributed by atoms with Gasteiger partial charge in [-0.2, -0.15) is 0 Å². The Kier molecular flexibility index (Phi) is 11.0. The average Bonchev–Trinajstić information content (AvgIpc) is 2.79. The molecule has 0 spiro atoms. The molecule has 4 nitrogen and oxygen atoms in total. The molecule has 2 aromatic carbocycles. The highest BCUT2D eigenvalue weighted by molar-refractivity contribution is 7.46. The molecular weight excluding hydrogens is 527 g/mol. The SMILES string of the molecule is CCCCCCCC(OP(=O)(O)O)(c1c(C(C)(C)C)cccc1C(C)(C)C)c1c(C(C)(C)C)cccc1C(C)(C)C. The molecule has 5 heteroatoms. The zero-order valence-electron chi connectivity index (χ0n) is 28.4. The van der Waals surface area contributed by atoms with Crippen LogP contribution in [0.25, 0.3) is 0 Å². The Morgan fingerprint density at radius 2 is 0.902 bits per heavy atom. The highest BCUT2D eigenvalue weighted by Gasteiger charge is 2.50. The number of unbranched alkanes of at least 4 members (excludes halogenated alkanes) is 4. The van der Waals surface area contributed by atoms with Crippen molar-refractivity contribution < 1.29 is 18.9 Å². The number of benzene rings is 2. The fourth-order valence-corrected chi connectivity index (χ4v) is 6.85. The van der Waals surface area contributed by atoms with E-state index in [1.165, 1.54) is 0 Å². The monoisotopic (exact) mass is 586 g/mol. The van der Waals surface area contributed by atoms with Crippen LogP contribution in [0.4, 0.5) is 0 Å². The Hall–Kier alpha value is -1.45. The maximum absolute atomic E-state index is 13.2. The van der Waals surface area contributed by atoms with E-state index in [9.17, 15) is 14.4 Å². The lowest BCUT2D eigenvalue weighted by molar-refractivity contribution is 0.0493. The fraction of sp³-hybridized carbons (Fsp3) is 0.667. The summed E-state index contributed by atoms with van der Waals surface area (Å²) in [5.41, 5.74) is 3.58. The lowest BCUT2D eigenvalue weighted by Crippen LogP contribution is -2.41. The Labute approximate surface area is 251 Å². The number of rotatable bonds is 10. The quantitative estimate of drug-likeness (QED) is 0.215. The van der Waals surface area contributed by atoms with Crippen molar-refractivity contribution in [3.8, 4) is 0 Å². The van der Waals surface area contributed by atoms with Crippen LogP contribution in [-0.4, -0.2) is 9.79 Å². The second-order valence-corrected chi connectivity index (χ2v) is 17.2. The maximum atomic E-state index is 13.2. The van der Waals surface area contributed by atoms with Crippen molar-refractivity contribution >= 4 is 7.82 Å². The van der Waals surface area contributed by atoms with Gasteiger partial charge in [0.05, 0.1) is 0 Å². The standard InChI is InChI=1S/C36H59O4P/c1-14-15-16-17-18-25-36(40-41(37,38)39,30-26(32(2,3)4)21-19-22-27(30)33(5,6)7)31-28(34(8,9)10)23-20-24-29(31)35(11,12)13/h19-24H,14-18,25H2,1-13H3,(H2,37,38,39). The molecule has 0 aliphatic carbocycles. The van der Waals surface area contributed by atoms with E-state index >= 15 is 0 Å². The summed E-state index contributed by atoms with van der Waals surface area (Å²) in [4.78, 5) is 21.6. The summed E-state index contributed by atoms with van der Waals surface area (Å²) in [5.74, 6) is 0. The Balaban J connectivity index is 3.34. The van der Waals surface area contributed by atoms with Gasteiger partial charge in [0.2, 0.25) is 0 Å². The summed E-state index contributed by atoms with van der Waals surface area (Å²) >= 11 is 0. The molecule has 0 aliphatic heterocycles. The van der Waals surface area contributed by atoms with Crippen LogP contribution in [0.3, 0.4) is 0 Å². The summed E-state index contributed by atoms with van der Waals surface area (Å²) in [7, 11) is -4.97. The molecule has 0 radical (unpaired) electrons. The van der Waals surface area contributed by atoms with Gasteiger partial charge in [-0.15, -0.1) is 0 Å². The van der Waals surface area contributed by atoms with Gasteiger partial charge >= 0.3 is 7.82 Å². The molecule has 0 bridgehead atoms. The molecule has 0 unspecified atom stereocenters. The van der Waals surface area contributed by atoms with E-state index in [0.717, 1.165) is 65.5 Å². The van der Waals surface area contributed by atoms with Crippen LogP contribution < -0.4 is 0 Å². The highest BCUT2D eigenvalue weighted by atomic mass is 31.2.